The van der Waals surface area contributed by atoms with Gasteiger partial charge in [0, 0.05) is 6.61 Å². The number of anilines is 2. The van der Waals surface area contributed by atoms with E-state index in [9.17, 15) is 25.2 Å². The van der Waals surface area contributed by atoms with Gasteiger partial charge in [-0.25, -0.2) is 19.9 Å². The number of fused-ring (bicyclic) bond motifs is 2. The number of rotatable bonds is 9. The zero-order valence-electron chi connectivity index (χ0n) is 21.9. The SMILES string of the molecule is CCOC1C(COC(O)OC2C(O)OC(n3cnc4c(N)ncnc43)C2O)OC(n2cnc3c(=O)[nH]c(N)nc32)C1O. The number of nitrogen functional groups attached to an aromatic ring is 2. The fourth-order valence-corrected chi connectivity index (χ4v) is 5.03. The topological polar surface area (TPSA) is 286 Å². The highest BCUT2D eigenvalue weighted by atomic mass is 16.8. The number of nitrogens with one attached hydrogen (secondary N) is 1. The second-order valence-electron chi connectivity index (χ2n) is 9.48. The van der Waals surface area contributed by atoms with Crippen LogP contribution in [0.25, 0.3) is 22.3 Å². The summed E-state index contributed by atoms with van der Waals surface area (Å²) in [4.78, 5) is 34.7. The van der Waals surface area contributed by atoms with Gasteiger partial charge in [-0.3, -0.25) is 18.9 Å². The lowest BCUT2D eigenvalue weighted by Gasteiger charge is -2.24. The summed E-state index contributed by atoms with van der Waals surface area (Å²) in [6.07, 6.45) is -6.22. The molecule has 2 aliphatic heterocycles. The Kier molecular flexibility index (Phi) is 7.46. The highest BCUT2D eigenvalue weighted by Crippen LogP contribution is 2.35. The van der Waals surface area contributed by atoms with E-state index in [1.807, 2.05) is 0 Å². The summed E-state index contributed by atoms with van der Waals surface area (Å²) in [5.74, 6) is -0.0325. The third-order valence-electron chi connectivity index (χ3n) is 6.92. The number of hydrogen-bond acceptors (Lipinski definition) is 17. The van der Waals surface area contributed by atoms with Crippen LogP contribution in [-0.2, 0) is 23.7 Å². The Morgan fingerprint density at radius 3 is 2.45 bits per heavy atom. The molecule has 20 nitrogen and oxygen atoms in total. The fourth-order valence-electron chi connectivity index (χ4n) is 5.03. The first-order chi connectivity index (χ1) is 20.2. The Morgan fingerprint density at radius 1 is 1.00 bits per heavy atom. The van der Waals surface area contributed by atoms with Crippen molar-refractivity contribution in [1.29, 1.82) is 0 Å². The third kappa shape index (κ3) is 4.83. The van der Waals surface area contributed by atoms with Gasteiger partial charge in [0.15, 0.2) is 41.4 Å². The van der Waals surface area contributed by atoms with Crippen molar-refractivity contribution < 1.29 is 44.1 Å². The van der Waals surface area contributed by atoms with Crippen molar-refractivity contribution >= 4 is 34.1 Å². The number of aromatic amines is 1. The van der Waals surface area contributed by atoms with Crippen molar-refractivity contribution in [2.24, 2.45) is 0 Å². The highest BCUT2D eigenvalue weighted by molar-refractivity contribution is 5.81. The van der Waals surface area contributed by atoms with Crippen molar-refractivity contribution in [3.8, 4) is 0 Å². The van der Waals surface area contributed by atoms with Crippen molar-refractivity contribution in [3.05, 3.63) is 29.3 Å². The molecule has 0 radical (unpaired) electrons. The van der Waals surface area contributed by atoms with Crippen LogP contribution in [0.2, 0.25) is 0 Å². The van der Waals surface area contributed by atoms with Gasteiger partial charge < -0.3 is 55.6 Å². The zero-order chi connectivity index (χ0) is 29.7. The number of nitrogens with two attached hydrogens (primary N) is 2. The molecule has 6 rings (SSSR count). The maximum absolute atomic E-state index is 12.2. The normalized spacial score (nSPS) is 30.5. The van der Waals surface area contributed by atoms with Gasteiger partial charge in [-0.2, -0.15) is 4.98 Å². The molecule has 0 saturated carbocycles. The van der Waals surface area contributed by atoms with Gasteiger partial charge in [-0.05, 0) is 6.92 Å². The van der Waals surface area contributed by atoms with Gasteiger partial charge in [0.2, 0.25) is 5.95 Å². The van der Waals surface area contributed by atoms with Crippen LogP contribution < -0.4 is 17.0 Å². The lowest BCUT2D eigenvalue weighted by molar-refractivity contribution is -0.312. The molecule has 20 heteroatoms. The Hall–Kier alpha value is -3.86. The largest absolute Gasteiger partial charge is 0.386 e. The van der Waals surface area contributed by atoms with Gasteiger partial charge in [0.05, 0.1) is 19.3 Å². The summed E-state index contributed by atoms with van der Waals surface area (Å²) in [6.45, 7) is -0.390. The van der Waals surface area contributed by atoms with E-state index in [1.165, 1.54) is 28.1 Å². The maximum Gasteiger partial charge on any atom is 0.280 e. The van der Waals surface area contributed by atoms with Crippen molar-refractivity contribution in [2.75, 3.05) is 24.7 Å². The Bertz CT molecular complexity index is 1630. The zero-order valence-corrected chi connectivity index (χ0v) is 21.9. The molecule has 2 aliphatic rings. The molecule has 0 aliphatic carbocycles. The summed E-state index contributed by atoms with van der Waals surface area (Å²) in [7, 11) is 0. The minimum absolute atomic E-state index is 0.00899. The Morgan fingerprint density at radius 2 is 1.69 bits per heavy atom. The first kappa shape index (κ1) is 28.3. The van der Waals surface area contributed by atoms with E-state index in [4.69, 9.17) is 35.2 Å². The molecule has 9 unspecified atom stereocenters. The third-order valence-corrected chi connectivity index (χ3v) is 6.92. The summed E-state index contributed by atoms with van der Waals surface area (Å²) >= 11 is 0. The number of H-pyrrole nitrogens is 1. The quantitative estimate of drug-likeness (QED) is 0.0935. The number of ether oxygens (including phenoxy) is 5. The average Bonchev–Trinajstić information content (AvgIpc) is 3.70. The number of aliphatic hydroxyl groups is 4. The van der Waals surface area contributed by atoms with Crippen LogP contribution in [0.5, 0.6) is 0 Å². The minimum atomic E-state index is -1.96. The minimum Gasteiger partial charge on any atom is -0.386 e. The molecular formula is C22H28N10O10. The molecule has 0 amide bonds. The van der Waals surface area contributed by atoms with Crippen LogP contribution in [-0.4, -0.2) is 116 Å². The molecule has 0 bridgehead atoms. The average molecular weight is 593 g/mol. The van der Waals surface area contributed by atoms with E-state index in [0.717, 1.165) is 0 Å². The summed E-state index contributed by atoms with van der Waals surface area (Å²) in [5.41, 5.74) is 11.5. The smallest absolute Gasteiger partial charge is 0.280 e. The van der Waals surface area contributed by atoms with Crippen molar-refractivity contribution in [1.82, 2.24) is 39.0 Å². The second-order valence-corrected chi connectivity index (χ2v) is 9.48. The molecule has 2 saturated heterocycles. The van der Waals surface area contributed by atoms with E-state index in [-0.39, 0.29) is 47.3 Å². The van der Waals surface area contributed by atoms with Gasteiger partial charge >= 0.3 is 0 Å². The van der Waals surface area contributed by atoms with Crippen LogP contribution in [0.1, 0.15) is 19.4 Å². The van der Waals surface area contributed by atoms with E-state index in [1.54, 1.807) is 6.92 Å². The first-order valence-corrected chi connectivity index (χ1v) is 12.7. The van der Waals surface area contributed by atoms with Crippen LogP contribution in [0, 0.1) is 0 Å². The van der Waals surface area contributed by atoms with Gasteiger partial charge in [0.1, 0.15) is 42.4 Å². The molecule has 6 heterocycles. The molecular weight excluding hydrogens is 564 g/mol. The molecule has 226 valence electrons. The molecule has 9 atom stereocenters. The second kappa shape index (κ2) is 11.1. The molecule has 4 aromatic rings. The fraction of sp³-hybridized carbons (Fsp3) is 0.545. The number of hydrogen-bond donors (Lipinski definition) is 7. The van der Waals surface area contributed by atoms with Gasteiger partial charge in [0.25, 0.3) is 12.0 Å². The number of nitrogens with zero attached hydrogens (tertiary/aromatic N) is 7. The summed E-state index contributed by atoms with van der Waals surface area (Å²) < 4.78 is 30.5. The van der Waals surface area contributed by atoms with E-state index in [0.29, 0.717) is 0 Å². The van der Waals surface area contributed by atoms with Gasteiger partial charge in [-0.1, -0.05) is 0 Å². The first-order valence-electron chi connectivity index (χ1n) is 12.7. The molecule has 4 aromatic heterocycles. The van der Waals surface area contributed by atoms with Crippen LogP contribution in [0.15, 0.2) is 23.8 Å². The number of imidazole rings is 2. The highest BCUT2D eigenvalue weighted by Gasteiger charge is 2.48. The number of aromatic nitrogens is 8. The van der Waals surface area contributed by atoms with E-state index >= 15 is 0 Å². The van der Waals surface area contributed by atoms with Crippen LogP contribution in [0.3, 0.4) is 0 Å². The molecule has 9 N–H and O–H groups in total. The van der Waals surface area contributed by atoms with Crippen molar-refractivity contribution in [2.45, 2.75) is 62.7 Å². The molecule has 0 spiro atoms. The van der Waals surface area contributed by atoms with Crippen LogP contribution in [0.4, 0.5) is 11.8 Å². The van der Waals surface area contributed by atoms with Crippen LogP contribution >= 0.6 is 0 Å². The molecule has 2 fully saturated rings. The van der Waals surface area contributed by atoms with E-state index in [2.05, 4.69) is 29.9 Å². The lowest BCUT2D eigenvalue weighted by atomic mass is 10.1. The van der Waals surface area contributed by atoms with Gasteiger partial charge in [-0.15, -0.1) is 0 Å². The summed E-state index contributed by atoms with van der Waals surface area (Å²) in [5, 5.41) is 42.7. The van der Waals surface area contributed by atoms with Crippen molar-refractivity contribution in [3.63, 3.8) is 0 Å². The summed E-state index contributed by atoms with van der Waals surface area (Å²) in [6, 6.07) is 0. The molecule has 42 heavy (non-hydrogen) atoms. The Labute approximate surface area is 234 Å². The predicted octanol–water partition coefficient (Wildman–Crippen LogP) is -3.33. The Balaban J connectivity index is 1.12. The standard InChI is InChI=1S/C22H28N10O10/c1-2-38-12-7(40-18(10(12)33)32-6-28-9-16(32)29-21(24)30-17(9)35)3-39-22(37)41-13-11(34)19(42-20(13)36)31-5-27-8-14(23)25-4-26-15(8)31/h4-7,10-13,18-20,22,33-34,36-37H,2-3H2,1H3,(H2,23,25,26)(H3,24,29,30,35). The maximum atomic E-state index is 12.2. The lowest BCUT2D eigenvalue weighted by Crippen LogP contribution is -2.41. The molecule has 0 aromatic carbocycles. The number of aliphatic hydroxyl groups excluding tert-OH is 4. The predicted molar refractivity (Wildman–Crippen MR) is 137 cm³/mol. The van der Waals surface area contributed by atoms with E-state index < -0.39 is 61.3 Å². The monoisotopic (exact) mass is 592 g/mol.